The summed E-state index contributed by atoms with van der Waals surface area (Å²) in [5.74, 6) is 0.801. The van der Waals surface area contributed by atoms with Crippen molar-refractivity contribution in [2.75, 3.05) is 6.54 Å². The van der Waals surface area contributed by atoms with Crippen molar-refractivity contribution >= 4 is 29.0 Å². The van der Waals surface area contributed by atoms with Gasteiger partial charge in [-0.05, 0) is 30.5 Å². The maximum absolute atomic E-state index is 12.0. The predicted molar refractivity (Wildman–Crippen MR) is 87.2 cm³/mol. The molecule has 6 heteroatoms. The number of fused-ring (bicyclic) bond motifs is 1. The van der Waals surface area contributed by atoms with Crippen molar-refractivity contribution < 1.29 is 4.79 Å². The Hall–Kier alpha value is -2.63. The molecule has 0 aromatic carbocycles. The van der Waals surface area contributed by atoms with Crippen LogP contribution in [0.15, 0.2) is 29.1 Å². The van der Waals surface area contributed by atoms with Gasteiger partial charge in [0, 0.05) is 29.9 Å². The van der Waals surface area contributed by atoms with Crippen LogP contribution in [0.5, 0.6) is 0 Å². The van der Waals surface area contributed by atoms with Crippen LogP contribution in [0.4, 0.5) is 0 Å². The summed E-state index contributed by atoms with van der Waals surface area (Å²) in [7, 11) is 0. The molecule has 1 aliphatic rings. The molecule has 6 nitrogen and oxygen atoms in total. The summed E-state index contributed by atoms with van der Waals surface area (Å²) in [6.45, 7) is 6.96. The second kappa shape index (κ2) is 5.63. The number of hydrogen-bond donors (Lipinski definition) is 3. The van der Waals surface area contributed by atoms with Gasteiger partial charge in [0.25, 0.3) is 5.91 Å². The average Bonchev–Trinajstić information content (AvgIpc) is 3.02. The maximum atomic E-state index is 12.0. The molecule has 0 aliphatic carbocycles. The highest BCUT2D eigenvalue weighted by Gasteiger charge is 2.20. The lowest BCUT2D eigenvalue weighted by atomic mass is 10.1. The Labute approximate surface area is 128 Å². The zero-order chi connectivity index (χ0) is 15.7. The van der Waals surface area contributed by atoms with Crippen LogP contribution in [0.3, 0.4) is 0 Å². The lowest BCUT2D eigenvalue weighted by Crippen LogP contribution is -2.37. The first-order valence-electron chi connectivity index (χ1n) is 7.32. The van der Waals surface area contributed by atoms with Gasteiger partial charge in [-0.25, -0.2) is 9.98 Å². The maximum Gasteiger partial charge on any atom is 0.276 e. The number of pyridine rings is 1. The first kappa shape index (κ1) is 14.3. The molecule has 0 atom stereocenters. The third kappa shape index (κ3) is 2.86. The second-order valence-corrected chi connectivity index (χ2v) is 5.87. The molecule has 114 valence electrons. The van der Waals surface area contributed by atoms with Crippen LogP contribution in [-0.4, -0.2) is 28.4 Å². The van der Waals surface area contributed by atoms with E-state index in [1.165, 1.54) is 0 Å². The number of aliphatic imine (C=N–C) groups is 1. The van der Waals surface area contributed by atoms with E-state index in [0.717, 1.165) is 28.7 Å². The summed E-state index contributed by atoms with van der Waals surface area (Å²) in [5, 5.41) is 6.85. The van der Waals surface area contributed by atoms with Crippen molar-refractivity contribution in [3.63, 3.8) is 0 Å². The number of hydrogen-bond acceptors (Lipinski definition) is 4. The molecule has 0 saturated heterocycles. The van der Waals surface area contributed by atoms with Gasteiger partial charge in [-0.3, -0.25) is 10.1 Å². The molecule has 0 unspecified atom stereocenters. The Morgan fingerprint density at radius 1 is 1.41 bits per heavy atom. The van der Waals surface area contributed by atoms with E-state index < -0.39 is 0 Å². The number of aromatic amines is 1. The van der Waals surface area contributed by atoms with Gasteiger partial charge >= 0.3 is 0 Å². The van der Waals surface area contributed by atoms with E-state index in [1.54, 1.807) is 6.08 Å². The molecule has 1 aliphatic heterocycles. The zero-order valence-corrected chi connectivity index (χ0v) is 12.9. The molecule has 0 bridgehead atoms. The minimum Gasteiger partial charge on any atom is -0.355 e. The summed E-state index contributed by atoms with van der Waals surface area (Å²) >= 11 is 0. The van der Waals surface area contributed by atoms with Gasteiger partial charge in [0.15, 0.2) is 0 Å². The van der Waals surface area contributed by atoms with Crippen molar-refractivity contribution in [2.45, 2.75) is 20.8 Å². The number of amides is 1. The van der Waals surface area contributed by atoms with E-state index in [2.05, 4.69) is 39.4 Å². The molecule has 0 radical (unpaired) electrons. The van der Waals surface area contributed by atoms with Crippen molar-refractivity contribution in [2.24, 2.45) is 10.9 Å². The highest BCUT2D eigenvalue weighted by Crippen LogP contribution is 2.21. The predicted octanol–water partition coefficient (Wildman–Crippen LogP) is 1.94. The molecule has 2 aromatic rings. The normalized spacial score (nSPS) is 16.5. The fourth-order valence-corrected chi connectivity index (χ4v) is 2.25. The van der Waals surface area contributed by atoms with E-state index in [9.17, 15) is 4.79 Å². The number of carbonyl (C=O) groups excluding carboxylic acids is 1. The van der Waals surface area contributed by atoms with Crippen molar-refractivity contribution in [3.8, 4) is 0 Å². The van der Waals surface area contributed by atoms with E-state index in [0.29, 0.717) is 17.6 Å². The topological polar surface area (TPSA) is 82.2 Å². The summed E-state index contributed by atoms with van der Waals surface area (Å²) in [6.07, 6.45) is 5.43. The SMILES string of the molecule is Cc1cnc2[nH]cc(/C=C3\N=C(NCC(C)C)NC3=O)c2c1. The first-order valence-corrected chi connectivity index (χ1v) is 7.32. The van der Waals surface area contributed by atoms with Crippen molar-refractivity contribution in [1.29, 1.82) is 0 Å². The minimum atomic E-state index is -0.193. The van der Waals surface area contributed by atoms with Crippen LogP contribution in [-0.2, 0) is 4.79 Å². The molecule has 0 fully saturated rings. The number of nitrogens with zero attached hydrogens (tertiary/aromatic N) is 2. The van der Waals surface area contributed by atoms with E-state index in [4.69, 9.17) is 0 Å². The molecule has 2 aromatic heterocycles. The van der Waals surface area contributed by atoms with E-state index in [-0.39, 0.29) is 5.91 Å². The van der Waals surface area contributed by atoms with Crippen molar-refractivity contribution in [1.82, 2.24) is 20.6 Å². The third-order valence-electron chi connectivity index (χ3n) is 3.37. The van der Waals surface area contributed by atoms with Gasteiger partial charge in [0.1, 0.15) is 11.3 Å². The Balaban J connectivity index is 1.90. The molecule has 22 heavy (non-hydrogen) atoms. The molecular formula is C16H19N5O. The Bertz CT molecular complexity index is 785. The lowest BCUT2D eigenvalue weighted by molar-refractivity contribution is -0.115. The van der Waals surface area contributed by atoms with Crippen LogP contribution in [0, 0.1) is 12.8 Å². The van der Waals surface area contributed by atoms with Crippen LogP contribution in [0.2, 0.25) is 0 Å². The minimum absolute atomic E-state index is 0.193. The molecular weight excluding hydrogens is 278 g/mol. The largest absolute Gasteiger partial charge is 0.355 e. The third-order valence-corrected chi connectivity index (χ3v) is 3.37. The second-order valence-electron chi connectivity index (χ2n) is 5.87. The van der Waals surface area contributed by atoms with Gasteiger partial charge in [0.05, 0.1) is 0 Å². The summed E-state index contributed by atoms with van der Waals surface area (Å²) < 4.78 is 0. The van der Waals surface area contributed by atoms with Gasteiger partial charge in [-0.2, -0.15) is 0 Å². The number of rotatable bonds is 3. The number of aromatic nitrogens is 2. The van der Waals surface area contributed by atoms with E-state index in [1.807, 2.05) is 25.4 Å². The standard InChI is InChI=1S/C16H19N5O/c1-9(2)6-19-16-20-13(15(22)21-16)5-11-8-18-14-12(11)4-10(3)7-17-14/h4-5,7-9H,6H2,1-3H3,(H,17,18)(H2,19,20,21,22)/b13-5-. The van der Waals surface area contributed by atoms with Crippen molar-refractivity contribution in [3.05, 3.63) is 35.3 Å². The summed E-state index contributed by atoms with van der Waals surface area (Å²) in [6, 6.07) is 2.04. The van der Waals surface area contributed by atoms with Gasteiger partial charge in [0.2, 0.25) is 5.96 Å². The highest BCUT2D eigenvalue weighted by atomic mass is 16.2. The highest BCUT2D eigenvalue weighted by molar-refractivity contribution is 6.14. The number of aryl methyl sites for hydroxylation is 1. The van der Waals surface area contributed by atoms with Gasteiger partial charge in [-0.15, -0.1) is 0 Å². The number of H-pyrrole nitrogens is 1. The fraction of sp³-hybridized carbons (Fsp3) is 0.312. The first-order chi connectivity index (χ1) is 10.5. The number of nitrogens with one attached hydrogen (secondary N) is 3. The Kier molecular flexibility index (Phi) is 3.66. The van der Waals surface area contributed by atoms with Gasteiger partial charge < -0.3 is 10.3 Å². The molecule has 0 saturated carbocycles. The molecule has 3 N–H and O–H groups in total. The molecule has 0 spiro atoms. The van der Waals surface area contributed by atoms with Crippen LogP contribution >= 0.6 is 0 Å². The van der Waals surface area contributed by atoms with Crippen LogP contribution in [0.25, 0.3) is 17.1 Å². The summed E-state index contributed by atoms with van der Waals surface area (Å²) in [5.41, 5.74) is 3.18. The quantitative estimate of drug-likeness (QED) is 0.757. The fourth-order valence-electron chi connectivity index (χ4n) is 2.25. The van der Waals surface area contributed by atoms with E-state index >= 15 is 0 Å². The monoisotopic (exact) mass is 297 g/mol. The smallest absolute Gasteiger partial charge is 0.276 e. The zero-order valence-electron chi connectivity index (χ0n) is 12.9. The molecule has 3 heterocycles. The van der Waals surface area contributed by atoms with Crippen LogP contribution in [0.1, 0.15) is 25.0 Å². The Morgan fingerprint density at radius 3 is 3.00 bits per heavy atom. The number of carbonyl (C=O) groups is 1. The number of guanidine groups is 1. The van der Waals surface area contributed by atoms with Crippen LogP contribution < -0.4 is 10.6 Å². The summed E-state index contributed by atoms with van der Waals surface area (Å²) in [4.78, 5) is 23.7. The molecule has 1 amide bonds. The lowest BCUT2D eigenvalue weighted by Gasteiger charge is -2.06. The Morgan fingerprint density at radius 2 is 2.23 bits per heavy atom. The average molecular weight is 297 g/mol. The van der Waals surface area contributed by atoms with Gasteiger partial charge in [-0.1, -0.05) is 13.8 Å². The molecule has 3 rings (SSSR count).